The number of unbranched alkanes of at least 4 members (excludes halogenated alkanes) is 2. The average Bonchev–Trinajstić information content (AvgIpc) is 3.53. The van der Waals surface area contributed by atoms with Gasteiger partial charge in [-0.1, -0.05) is 26.2 Å². The van der Waals surface area contributed by atoms with Crippen LogP contribution in [0.25, 0.3) is 0 Å². The molecule has 1 aliphatic carbocycles. The molecule has 30 heavy (non-hydrogen) atoms. The Morgan fingerprint density at radius 2 is 2.10 bits per heavy atom. The summed E-state index contributed by atoms with van der Waals surface area (Å²) in [5.74, 6) is -1.91. The second kappa shape index (κ2) is 10.4. The zero-order valence-electron chi connectivity index (χ0n) is 18.0. The molecule has 0 radical (unpaired) electrons. The van der Waals surface area contributed by atoms with Crippen molar-refractivity contribution < 1.29 is 23.0 Å². The van der Waals surface area contributed by atoms with Crippen LogP contribution in [0.15, 0.2) is 12.1 Å². The van der Waals surface area contributed by atoms with Crippen molar-refractivity contribution in [1.82, 2.24) is 10.3 Å². The van der Waals surface area contributed by atoms with Crippen LogP contribution in [0.3, 0.4) is 0 Å². The van der Waals surface area contributed by atoms with Gasteiger partial charge in [0.2, 0.25) is 5.88 Å². The minimum Gasteiger partial charge on any atom is -0.476 e. The van der Waals surface area contributed by atoms with Crippen molar-refractivity contribution in [2.45, 2.75) is 70.4 Å². The number of pyridine rings is 1. The molecule has 2 fully saturated rings. The number of carbonyl (C=O) groups excluding carboxylic acids is 1. The van der Waals surface area contributed by atoms with Crippen molar-refractivity contribution in [3.63, 3.8) is 0 Å². The molecule has 1 saturated heterocycles. The first kappa shape index (κ1) is 22.7. The van der Waals surface area contributed by atoms with Crippen molar-refractivity contribution in [2.24, 2.45) is 5.92 Å². The summed E-state index contributed by atoms with van der Waals surface area (Å²) in [6.07, 6.45) is 6.76. The van der Waals surface area contributed by atoms with Crippen LogP contribution in [0.5, 0.6) is 5.88 Å². The Morgan fingerprint density at radius 3 is 2.73 bits per heavy atom. The van der Waals surface area contributed by atoms with E-state index in [2.05, 4.69) is 17.2 Å². The van der Waals surface area contributed by atoms with E-state index in [1.165, 1.54) is 7.11 Å². The lowest BCUT2D eigenvalue weighted by Crippen LogP contribution is -2.56. The van der Waals surface area contributed by atoms with E-state index in [0.29, 0.717) is 37.1 Å². The molecule has 2 aliphatic rings. The summed E-state index contributed by atoms with van der Waals surface area (Å²) in [7, 11) is 1.40. The molecule has 1 aromatic heterocycles. The summed E-state index contributed by atoms with van der Waals surface area (Å²) < 4.78 is 37.4. The number of hydrogen-bond acceptors (Lipinski definition) is 6. The lowest BCUT2D eigenvalue weighted by atomic mass is 10.1. The molecular formula is C22H33F2N3O3. The van der Waals surface area contributed by atoms with Gasteiger partial charge >= 0.3 is 5.97 Å². The highest BCUT2D eigenvalue weighted by Gasteiger charge is 2.45. The number of nitrogens with one attached hydrogen (secondary N) is 1. The van der Waals surface area contributed by atoms with Gasteiger partial charge in [0, 0.05) is 12.6 Å². The second-order valence-electron chi connectivity index (χ2n) is 8.45. The van der Waals surface area contributed by atoms with E-state index in [1.807, 2.05) is 12.1 Å². The lowest BCUT2D eigenvalue weighted by Gasteiger charge is -2.40. The molecule has 1 aromatic rings. The highest BCUT2D eigenvalue weighted by atomic mass is 19.3. The monoisotopic (exact) mass is 425 g/mol. The number of halogens is 2. The zero-order valence-corrected chi connectivity index (χ0v) is 18.0. The van der Waals surface area contributed by atoms with Crippen LogP contribution < -0.4 is 15.0 Å². The van der Waals surface area contributed by atoms with Gasteiger partial charge in [-0.2, -0.15) is 0 Å². The number of hydrogen-bond donors (Lipinski definition) is 1. The lowest BCUT2D eigenvalue weighted by molar-refractivity contribution is -0.141. The number of methoxy groups -OCH3 is 1. The molecular weight excluding hydrogens is 392 g/mol. The van der Waals surface area contributed by atoms with E-state index in [4.69, 9.17) is 9.47 Å². The first-order valence-electron chi connectivity index (χ1n) is 11.0. The highest BCUT2D eigenvalue weighted by Crippen LogP contribution is 2.37. The van der Waals surface area contributed by atoms with Crippen LogP contribution in [0.1, 0.15) is 57.6 Å². The van der Waals surface area contributed by atoms with Gasteiger partial charge in [-0.15, -0.1) is 0 Å². The Morgan fingerprint density at radius 1 is 1.33 bits per heavy atom. The SMILES string of the molecule is CCCCCC(CC(=O)OC)NCc1ccc(N2CC(F)(F)C2)c(OCC2CC2)n1. The van der Waals surface area contributed by atoms with Crippen LogP contribution >= 0.6 is 0 Å². The number of ether oxygens (including phenoxy) is 2. The fourth-order valence-electron chi connectivity index (χ4n) is 3.53. The van der Waals surface area contributed by atoms with Crippen molar-refractivity contribution in [2.75, 3.05) is 31.7 Å². The Hall–Kier alpha value is -1.96. The molecule has 0 amide bonds. The van der Waals surface area contributed by atoms with E-state index < -0.39 is 5.92 Å². The third kappa shape index (κ3) is 6.79. The summed E-state index contributed by atoms with van der Waals surface area (Å²) in [5.41, 5.74) is 1.39. The van der Waals surface area contributed by atoms with Gasteiger partial charge < -0.3 is 19.7 Å². The fourth-order valence-corrected chi connectivity index (χ4v) is 3.53. The van der Waals surface area contributed by atoms with E-state index in [9.17, 15) is 13.6 Å². The number of anilines is 1. The van der Waals surface area contributed by atoms with Crippen molar-refractivity contribution in [1.29, 1.82) is 0 Å². The summed E-state index contributed by atoms with van der Waals surface area (Å²) in [4.78, 5) is 17.9. The van der Waals surface area contributed by atoms with Gasteiger partial charge in [-0.05, 0) is 37.3 Å². The maximum Gasteiger partial charge on any atom is 0.307 e. The summed E-state index contributed by atoms with van der Waals surface area (Å²) in [6, 6.07) is 3.66. The smallest absolute Gasteiger partial charge is 0.307 e. The van der Waals surface area contributed by atoms with E-state index in [1.54, 1.807) is 4.90 Å². The summed E-state index contributed by atoms with van der Waals surface area (Å²) >= 11 is 0. The molecule has 168 valence electrons. The van der Waals surface area contributed by atoms with Crippen LogP contribution in [0.4, 0.5) is 14.5 Å². The largest absolute Gasteiger partial charge is 0.476 e. The maximum atomic E-state index is 13.3. The Labute approximate surface area is 177 Å². The van der Waals surface area contributed by atoms with E-state index >= 15 is 0 Å². The molecule has 1 unspecified atom stereocenters. The molecule has 8 heteroatoms. The number of rotatable bonds is 13. The van der Waals surface area contributed by atoms with Crippen LogP contribution in [0.2, 0.25) is 0 Å². The second-order valence-corrected chi connectivity index (χ2v) is 8.45. The van der Waals surface area contributed by atoms with E-state index in [0.717, 1.165) is 44.2 Å². The number of esters is 1. The first-order valence-corrected chi connectivity index (χ1v) is 11.0. The molecule has 1 aliphatic heterocycles. The van der Waals surface area contributed by atoms with Crippen LogP contribution in [-0.2, 0) is 16.1 Å². The molecule has 0 spiro atoms. The van der Waals surface area contributed by atoms with Crippen molar-refractivity contribution >= 4 is 11.7 Å². The quantitative estimate of drug-likeness (QED) is 0.382. The Kier molecular flexibility index (Phi) is 7.86. The van der Waals surface area contributed by atoms with Crippen molar-refractivity contribution in [3.05, 3.63) is 17.8 Å². The normalized spacial score (nSPS) is 18.6. The molecule has 0 aromatic carbocycles. The van der Waals surface area contributed by atoms with Crippen LogP contribution in [-0.4, -0.2) is 49.7 Å². The van der Waals surface area contributed by atoms with Gasteiger partial charge in [-0.3, -0.25) is 4.79 Å². The van der Waals surface area contributed by atoms with Crippen molar-refractivity contribution in [3.8, 4) is 5.88 Å². The molecule has 0 bridgehead atoms. The minimum absolute atomic E-state index is 0.00961. The Bertz CT molecular complexity index is 705. The maximum absolute atomic E-state index is 13.3. The van der Waals surface area contributed by atoms with Gasteiger partial charge in [-0.25, -0.2) is 13.8 Å². The average molecular weight is 426 g/mol. The summed E-state index contributed by atoms with van der Waals surface area (Å²) in [6.45, 7) is 2.59. The minimum atomic E-state index is -2.65. The van der Waals surface area contributed by atoms with E-state index in [-0.39, 0.29) is 25.1 Å². The molecule has 1 saturated carbocycles. The molecule has 3 rings (SSSR count). The molecule has 6 nitrogen and oxygen atoms in total. The predicted octanol–water partition coefficient (Wildman–Crippen LogP) is 3.93. The number of nitrogens with zero attached hydrogens (tertiary/aromatic N) is 2. The van der Waals surface area contributed by atoms with Gasteiger partial charge in [0.25, 0.3) is 5.92 Å². The highest BCUT2D eigenvalue weighted by molar-refractivity contribution is 5.69. The van der Waals surface area contributed by atoms with Crippen LogP contribution in [0, 0.1) is 5.92 Å². The standard InChI is InChI=1S/C22H33F2N3O3/c1-3-4-5-6-17(11-20(28)29-2)25-12-18-9-10-19(27-14-22(23,24)15-27)21(26-18)30-13-16-7-8-16/h9-10,16-17,25H,3-8,11-15H2,1-2H3. The first-order chi connectivity index (χ1) is 14.4. The number of carbonyl (C=O) groups is 1. The predicted molar refractivity (Wildman–Crippen MR) is 111 cm³/mol. The molecule has 1 N–H and O–H groups in total. The fraction of sp³-hybridized carbons (Fsp3) is 0.727. The molecule has 1 atom stereocenters. The molecule has 2 heterocycles. The number of aromatic nitrogens is 1. The third-order valence-corrected chi connectivity index (χ3v) is 5.60. The summed E-state index contributed by atoms with van der Waals surface area (Å²) in [5, 5.41) is 3.40. The number of alkyl halides is 2. The van der Waals surface area contributed by atoms with Gasteiger partial charge in [0.1, 0.15) is 5.69 Å². The zero-order chi connectivity index (χ0) is 21.6. The third-order valence-electron chi connectivity index (χ3n) is 5.60. The van der Waals surface area contributed by atoms with Gasteiger partial charge in [0.05, 0.1) is 38.9 Å². The Balaban J connectivity index is 1.62. The topological polar surface area (TPSA) is 63.7 Å². The van der Waals surface area contributed by atoms with Gasteiger partial charge in [0.15, 0.2) is 0 Å².